The van der Waals surface area contributed by atoms with Crippen molar-refractivity contribution in [3.05, 3.63) is 53.9 Å². The molecule has 0 atom stereocenters. The van der Waals surface area contributed by atoms with Gasteiger partial charge in [0.05, 0.1) is 11.4 Å². The van der Waals surface area contributed by atoms with Crippen LogP contribution in [-0.4, -0.2) is 15.3 Å². The Labute approximate surface area is 153 Å². The Bertz CT molecular complexity index is 995. The van der Waals surface area contributed by atoms with Crippen LogP contribution in [0, 0.1) is 6.92 Å². The van der Waals surface area contributed by atoms with E-state index in [2.05, 4.69) is 36.3 Å². The molecule has 1 amide bonds. The largest absolute Gasteiger partial charge is 0.326 e. The number of pyridine rings is 1. The standard InChI is InChI=1S/C20H23N5O/c1-13-8-7-11-25-18(13)22-17(20(3,4)5)19(25)24-23-16-10-6-9-15(12-16)21-14(2)26/h6-12H,1-5H3,(H,21,26). The van der Waals surface area contributed by atoms with Crippen molar-refractivity contribution < 1.29 is 4.79 Å². The number of fused-ring (bicyclic) bond motifs is 1. The summed E-state index contributed by atoms with van der Waals surface area (Å²) in [5, 5.41) is 11.6. The van der Waals surface area contributed by atoms with Gasteiger partial charge in [0.25, 0.3) is 0 Å². The Balaban J connectivity index is 2.07. The molecule has 0 aliphatic carbocycles. The molecule has 0 saturated carbocycles. The maximum absolute atomic E-state index is 11.2. The summed E-state index contributed by atoms with van der Waals surface area (Å²) < 4.78 is 1.97. The second-order valence-electron chi connectivity index (χ2n) is 7.35. The van der Waals surface area contributed by atoms with Gasteiger partial charge in [-0.2, -0.15) is 0 Å². The molecule has 3 rings (SSSR count). The molecule has 1 aromatic carbocycles. The molecule has 3 aromatic rings. The van der Waals surface area contributed by atoms with E-state index in [0.29, 0.717) is 11.4 Å². The van der Waals surface area contributed by atoms with Crippen molar-refractivity contribution in [2.24, 2.45) is 10.2 Å². The van der Waals surface area contributed by atoms with E-state index >= 15 is 0 Å². The van der Waals surface area contributed by atoms with Crippen LogP contribution in [0.4, 0.5) is 17.2 Å². The molecule has 0 unspecified atom stereocenters. The van der Waals surface area contributed by atoms with Crippen molar-refractivity contribution in [2.45, 2.75) is 40.0 Å². The molecule has 0 aliphatic heterocycles. The Hall–Kier alpha value is -3.02. The van der Waals surface area contributed by atoms with Crippen LogP contribution in [0.2, 0.25) is 0 Å². The molecule has 26 heavy (non-hydrogen) atoms. The van der Waals surface area contributed by atoms with E-state index in [-0.39, 0.29) is 11.3 Å². The number of amides is 1. The maximum atomic E-state index is 11.2. The number of azo groups is 1. The molecule has 0 radical (unpaired) electrons. The van der Waals surface area contributed by atoms with E-state index in [1.807, 2.05) is 47.9 Å². The van der Waals surface area contributed by atoms with Gasteiger partial charge in [0.1, 0.15) is 5.65 Å². The summed E-state index contributed by atoms with van der Waals surface area (Å²) in [6, 6.07) is 11.3. The highest BCUT2D eigenvalue weighted by Gasteiger charge is 2.24. The minimum absolute atomic E-state index is 0.119. The number of nitrogens with zero attached hydrogens (tertiary/aromatic N) is 4. The van der Waals surface area contributed by atoms with Gasteiger partial charge in [-0.3, -0.25) is 9.20 Å². The minimum Gasteiger partial charge on any atom is -0.326 e. The normalized spacial score (nSPS) is 12.0. The highest BCUT2D eigenvalue weighted by Crippen LogP contribution is 2.34. The smallest absolute Gasteiger partial charge is 0.221 e. The highest BCUT2D eigenvalue weighted by molar-refractivity contribution is 5.89. The van der Waals surface area contributed by atoms with Gasteiger partial charge in [-0.1, -0.05) is 32.9 Å². The average molecular weight is 349 g/mol. The number of nitrogens with one attached hydrogen (secondary N) is 1. The van der Waals surface area contributed by atoms with Gasteiger partial charge in [0.15, 0.2) is 5.82 Å². The van der Waals surface area contributed by atoms with Crippen molar-refractivity contribution in [3.8, 4) is 0 Å². The maximum Gasteiger partial charge on any atom is 0.221 e. The van der Waals surface area contributed by atoms with Crippen molar-refractivity contribution in [3.63, 3.8) is 0 Å². The lowest BCUT2D eigenvalue weighted by molar-refractivity contribution is -0.114. The third-order valence-corrected chi connectivity index (χ3v) is 3.96. The molecule has 134 valence electrons. The lowest BCUT2D eigenvalue weighted by atomic mass is 9.92. The molecule has 2 heterocycles. The first kappa shape index (κ1) is 17.8. The van der Waals surface area contributed by atoms with Gasteiger partial charge >= 0.3 is 0 Å². The predicted octanol–water partition coefficient (Wildman–Crippen LogP) is 5.31. The van der Waals surface area contributed by atoms with Crippen LogP contribution >= 0.6 is 0 Å². The topological polar surface area (TPSA) is 71.1 Å². The lowest BCUT2D eigenvalue weighted by Gasteiger charge is -2.15. The Morgan fingerprint density at radius 1 is 1.15 bits per heavy atom. The van der Waals surface area contributed by atoms with Crippen LogP contribution in [0.5, 0.6) is 0 Å². The molecular weight excluding hydrogens is 326 g/mol. The van der Waals surface area contributed by atoms with Crippen molar-refractivity contribution in [1.29, 1.82) is 0 Å². The van der Waals surface area contributed by atoms with Crippen LogP contribution in [0.3, 0.4) is 0 Å². The SMILES string of the molecule is CC(=O)Nc1cccc(N=Nc2c(C(C)(C)C)nc3c(C)cccn23)c1. The summed E-state index contributed by atoms with van der Waals surface area (Å²) in [6.07, 6.45) is 1.95. The van der Waals surface area contributed by atoms with E-state index in [4.69, 9.17) is 4.98 Å². The Kier molecular flexibility index (Phi) is 4.59. The second kappa shape index (κ2) is 6.71. The molecule has 6 nitrogen and oxygen atoms in total. The zero-order valence-corrected chi connectivity index (χ0v) is 15.7. The third-order valence-electron chi connectivity index (χ3n) is 3.96. The van der Waals surface area contributed by atoms with Gasteiger partial charge in [0.2, 0.25) is 5.91 Å². The van der Waals surface area contributed by atoms with Crippen LogP contribution < -0.4 is 5.32 Å². The molecule has 1 N–H and O–H groups in total. The van der Waals surface area contributed by atoms with Crippen LogP contribution in [-0.2, 0) is 10.2 Å². The fourth-order valence-corrected chi connectivity index (χ4v) is 2.74. The highest BCUT2D eigenvalue weighted by atomic mass is 16.1. The number of carbonyl (C=O) groups is 1. The van der Waals surface area contributed by atoms with Gasteiger partial charge in [0, 0.05) is 24.2 Å². The number of rotatable bonds is 3. The van der Waals surface area contributed by atoms with Gasteiger partial charge in [-0.25, -0.2) is 4.98 Å². The molecule has 0 saturated heterocycles. The zero-order chi connectivity index (χ0) is 18.9. The summed E-state index contributed by atoms with van der Waals surface area (Å²) in [4.78, 5) is 16.0. The number of hydrogen-bond donors (Lipinski definition) is 1. The third kappa shape index (κ3) is 3.64. The number of anilines is 1. The second-order valence-corrected chi connectivity index (χ2v) is 7.35. The summed E-state index contributed by atoms with van der Waals surface area (Å²) in [5.41, 5.74) is 4.07. The first-order valence-electron chi connectivity index (χ1n) is 8.53. The Morgan fingerprint density at radius 2 is 1.92 bits per heavy atom. The van der Waals surface area contributed by atoms with E-state index in [1.54, 1.807) is 6.07 Å². The number of aryl methyl sites for hydroxylation is 1. The van der Waals surface area contributed by atoms with E-state index in [1.165, 1.54) is 6.92 Å². The lowest BCUT2D eigenvalue weighted by Crippen LogP contribution is -2.11. The molecule has 0 aliphatic rings. The molecule has 6 heteroatoms. The van der Waals surface area contributed by atoms with E-state index in [9.17, 15) is 4.79 Å². The van der Waals surface area contributed by atoms with E-state index in [0.717, 1.165) is 22.7 Å². The first-order valence-corrected chi connectivity index (χ1v) is 8.53. The molecular formula is C20H23N5O. The van der Waals surface area contributed by atoms with Crippen molar-refractivity contribution >= 4 is 28.7 Å². The van der Waals surface area contributed by atoms with Crippen molar-refractivity contribution in [1.82, 2.24) is 9.38 Å². The summed E-state index contributed by atoms with van der Waals surface area (Å²) in [5.74, 6) is 0.604. The first-order chi connectivity index (χ1) is 12.3. The quantitative estimate of drug-likeness (QED) is 0.651. The number of hydrogen-bond acceptors (Lipinski definition) is 4. The molecule has 0 fully saturated rings. The van der Waals surface area contributed by atoms with Crippen molar-refractivity contribution in [2.75, 3.05) is 5.32 Å². The number of carbonyl (C=O) groups excluding carboxylic acids is 1. The molecule has 0 spiro atoms. The van der Waals surface area contributed by atoms with E-state index < -0.39 is 0 Å². The summed E-state index contributed by atoms with van der Waals surface area (Å²) >= 11 is 0. The number of benzene rings is 1. The van der Waals surface area contributed by atoms with Gasteiger partial charge in [-0.05, 0) is 36.8 Å². The van der Waals surface area contributed by atoms with Crippen LogP contribution in [0.1, 0.15) is 39.0 Å². The summed E-state index contributed by atoms with van der Waals surface area (Å²) in [6.45, 7) is 9.85. The van der Waals surface area contributed by atoms with Crippen LogP contribution in [0.25, 0.3) is 5.65 Å². The zero-order valence-electron chi connectivity index (χ0n) is 15.7. The minimum atomic E-state index is -0.162. The van der Waals surface area contributed by atoms with Gasteiger partial charge < -0.3 is 5.32 Å². The van der Waals surface area contributed by atoms with Crippen LogP contribution in [0.15, 0.2) is 52.8 Å². The van der Waals surface area contributed by atoms with Gasteiger partial charge in [-0.15, -0.1) is 10.2 Å². The predicted molar refractivity (Wildman–Crippen MR) is 104 cm³/mol. The monoisotopic (exact) mass is 349 g/mol. The Morgan fingerprint density at radius 3 is 2.62 bits per heavy atom. The fourth-order valence-electron chi connectivity index (χ4n) is 2.74. The number of imidazole rings is 1. The summed E-state index contributed by atoms with van der Waals surface area (Å²) in [7, 11) is 0. The fraction of sp³-hybridized carbons (Fsp3) is 0.300. The number of aromatic nitrogens is 2. The molecule has 2 aromatic heterocycles. The average Bonchev–Trinajstić information content (AvgIpc) is 2.93. The molecule has 0 bridgehead atoms.